The van der Waals surface area contributed by atoms with E-state index in [0.717, 1.165) is 10.0 Å². The third-order valence-electron chi connectivity index (χ3n) is 4.52. The number of aryl methyl sites for hydroxylation is 1. The molecule has 3 rings (SSSR count). The monoisotopic (exact) mass is 547 g/mol. The maximum atomic E-state index is 13.0. The first kappa shape index (κ1) is 30.3. The quantitative estimate of drug-likeness (QED) is 0.329. The number of nitrogens with two attached hydrogens (primary N) is 1. The number of rotatable bonds is 6. The number of hydrogen-bond acceptors (Lipinski definition) is 7. The number of anilines is 1. The molecule has 0 spiro atoms. The largest absolute Gasteiger partial charge is 0.443 e. The first-order chi connectivity index (χ1) is 16.6. The number of benzene rings is 1. The number of para-hydroxylation sites is 1. The van der Waals surface area contributed by atoms with Crippen molar-refractivity contribution < 1.29 is 14.3 Å². The molecular weight excluding hydrogens is 510 g/mol. The lowest BCUT2D eigenvalue weighted by molar-refractivity contribution is 0.0539. The summed E-state index contributed by atoms with van der Waals surface area (Å²) in [7, 11) is 1.61. The van der Waals surface area contributed by atoms with Crippen LogP contribution in [0.15, 0.2) is 34.9 Å². The highest BCUT2D eigenvalue weighted by Gasteiger charge is 2.24. The Bertz CT molecular complexity index is 1140. The molecule has 0 unspecified atom stereocenters. The van der Waals surface area contributed by atoms with Crippen molar-refractivity contribution in [1.82, 2.24) is 14.5 Å². The molecule has 0 bridgehead atoms. The summed E-state index contributed by atoms with van der Waals surface area (Å²) in [6.07, 6.45) is 1.76. The highest BCUT2D eigenvalue weighted by atomic mass is 79.9. The van der Waals surface area contributed by atoms with Crippen LogP contribution in [0.5, 0.6) is 0 Å². The fraction of sp³-hybridized carbons (Fsp3) is 0.462. The standard InChI is InChI=1S/C22H26BrN5O3.2C2H6/c1-22(2,3)31-21(29)28-17-7-5-6-13(12-30-4)19(17)27-18(28)9-8-16(24)15-10-14(23)11-26-20(15)25;2*1-2/h5-7,10-11,24H,8-9,12H2,1-4H3,(H2,25,26);2*1-2H3. The Morgan fingerprint density at radius 1 is 1.20 bits per heavy atom. The average Bonchev–Trinajstić information content (AvgIpc) is 3.20. The number of aromatic nitrogens is 3. The number of halogens is 1. The third-order valence-corrected chi connectivity index (χ3v) is 4.96. The highest BCUT2D eigenvalue weighted by Crippen LogP contribution is 2.24. The summed E-state index contributed by atoms with van der Waals surface area (Å²) in [4.78, 5) is 21.8. The van der Waals surface area contributed by atoms with E-state index in [0.29, 0.717) is 47.6 Å². The van der Waals surface area contributed by atoms with Gasteiger partial charge < -0.3 is 20.6 Å². The van der Waals surface area contributed by atoms with Gasteiger partial charge in [-0.15, -0.1) is 0 Å². The first-order valence-electron chi connectivity index (χ1n) is 11.8. The number of carbonyl (C=O) groups excluding carboxylic acids is 1. The maximum absolute atomic E-state index is 13.0. The zero-order chi connectivity index (χ0) is 26.8. The molecule has 0 amide bonds. The number of fused-ring (bicyclic) bond motifs is 1. The predicted octanol–water partition coefficient (Wildman–Crippen LogP) is 6.76. The summed E-state index contributed by atoms with van der Waals surface area (Å²) in [5.41, 5.74) is 8.35. The maximum Gasteiger partial charge on any atom is 0.420 e. The predicted molar refractivity (Wildman–Crippen MR) is 146 cm³/mol. The molecule has 2 heterocycles. The van der Waals surface area contributed by atoms with Crippen LogP contribution in [0.1, 0.15) is 71.8 Å². The number of imidazole rings is 1. The fourth-order valence-corrected chi connectivity index (χ4v) is 3.55. The van der Waals surface area contributed by atoms with Crippen LogP contribution in [0, 0.1) is 5.41 Å². The van der Waals surface area contributed by atoms with Crippen molar-refractivity contribution in [3.63, 3.8) is 0 Å². The van der Waals surface area contributed by atoms with Crippen LogP contribution < -0.4 is 5.73 Å². The molecule has 3 N–H and O–H groups in total. The van der Waals surface area contributed by atoms with Crippen LogP contribution in [-0.4, -0.2) is 39.1 Å². The molecule has 0 aliphatic heterocycles. The van der Waals surface area contributed by atoms with Gasteiger partial charge in [0.15, 0.2) is 0 Å². The number of carbonyl (C=O) groups is 1. The van der Waals surface area contributed by atoms with Gasteiger partial charge in [0.05, 0.1) is 17.6 Å². The van der Waals surface area contributed by atoms with Gasteiger partial charge in [-0.1, -0.05) is 39.8 Å². The van der Waals surface area contributed by atoms with E-state index in [1.54, 1.807) is 19.4 Å². The molecule has 0 saturated carbocycles. The molecular formula is C26H38BrN5O3. The van der Waals surface area contributed by atoms with Gasteiger partial charge in [0.2, 0.25) is 0 Å². The van der Waals surface area contributed by atoms with Gasteiger partial charge in [0.25, 0.3) is 0 Å². The second-order valence-corrected chi connectivity index (χ2v) is 9.04. The van der Waals surface area contributed by atoms with Gasteiger partial charge in [-0.3, -0.25) is 0 Å². The van der Waals surface area contributed by atoms with Crippen molar-refractivity contribution in [2.45, 2.75) is 73.5 Å². The molecule has 0 aliphatic carbocycles. The summed E-state index contributed by atoms with van der Waals surface area (Å²) in [5, 5.41) is 8.47. The van der Waals surface area contributed by atoms with Crippen molar-refractivity contribution in [3.05, 3.63) is 51.9 Å². The molecule has 0 fully saturated rings. The lowest BCUT2D eigenvalue weighted by atomic mass is 10.1. The van der Waals surface area contributed by atoms with E-state index in [9.17, 15) is 4.79 Å². The Labute approximate surface area is 216 Å². The minimum Gasteiger partial charge on any atom is -0.443 e. The molecule has 192 valence electrons. The number of nitrogen functional groups attached to an aromatic ring is 1. The summed E-state index contributed by atoms with van der Waals surface area (Å²) < 4.78 is 13.1. The minimum atomic E-state index is -0.655. The second-order valence-electron chi connectivity index (χ2n) is 8.13. The van der Waals surface area contributed by atoms with E-state index in [1.807, 2.05) is 66.7 Å². The lowest BCUT2D eigenvalue weighted by Gasteiger charge is -2.20. The van der Waals surface area contributed by atoms with Gasteiger partial charge in [-0.05, 0) is 55.3 Å². The van der Waals surface area contributed by atoms with Crippen molar-refractivity contribution in [1.29, 1.82) is 5.41 Å². The molecule has 1 aromatic carbocycles. The molecule has 8 nitrogen and oxygen atoms in total. The van der Waals surface area contributed by atoms with E-state index < -0.39 is 11.7 Å². The van der Waals surface area contributed by atoms with Crippen LogP contribution in [0.25, 0.3) is 11.0 Å². The number of hydrogen-bond donors (Lipinski definition) is 2. The Balaban J connectivity index is 0.00000145. The molecule has 9 heteroatoms. The summed E-state index contributed by atoms with van der Waals surface area (Å²) in [6.45, 7) is 13.8. The third kappa shape index (κ3) is 8.14. The molecule has 0 aliphatic rings. The van der Waals surface area contributed by atoms with Crippen molar-refractivity contribution in [2.24, 2.45) is 0 Å². The Morgan fingerprint density at radius 3 is 2.46 bits per heavy atom. The molecule has 35 heavy (non-hydrogen) atoms. The topological polar surface area (TPSA) is 116 Å². The highest BCUT2D eigenvalue weighted by molar-refractivity contribution is 9.10. The average molecular weight is 549 g/mol. The van der Waals surface area contributed by atoms with Gasteiger partial charge >= 0.3 is 6.09 Å². The minimum absolute atomic E-state index is 0.288. The number of pyridine rings is 1. The number of ether oxygens (including phenoxy) is 2. The SMILES string of the molecule is CC.CC.COCc1cccc2c1nc(CCC(=N)c1cc(Br)cnc1N)n2C(=O)OC(C)(C)C. The normalized spacial score (nSPS) is 10.7. The second kappa shape index (κ2) is 13.9. The van der Waals surface area contributed by atoms with Gasteiger partial charge in [0, 0.05) is 41.0 Å². The molecule has 0 saturated heterocycles. The van der Waals surface area contributed by atoms with Crippen molar-refractivity contribution in [3.8, 4) is 0 Å². The smallest absolute Gasteiger partial charge is 0.420 e. The van der Waals surface area contributed by atoms with Crippen molar-refractivity contribution in [2.75, 3.05) is 12.8 Å². The van der Waals surface area contributed by atoms with Crippen LogP contribution in [0.2, 0.25) is 0 Å². The van der Waals surface area contributed by atoms with Crippen LogP contribution in [0.3, 0.4) is 0 Å². The Hall–Kier alpha value is -2.78. The van der Waals surface area contributed by atoms with E-state index >= 15 is 0 Å². The number of nitrogens with zero attached hydrogens (tertiary/aromatic N) is 3. The van der Waals surface area contributed by atoms with Crippen LogP contribution in [0.4, 0.5) is 10.6 Å². The summed E-state index contributed by atoms with van der Waals surface area (Å²) in [6, 6.07) is 7.37. The van der Waals surface area contributed by atoms with Gasteiger partial charge in [0.1, 0.15) is 17.2 Å². The Kier molecular flexibility index (Phi) is 12.1. The van der Waals surface area contributed by atoms with Crippen LogP contribution in [-0.2, 0) is 22.5 Å². The molecule has 3 aromatic rings. The zero-order valence-electron chi connectivity index (χ0n) is 22.0. The van der Waals surface area contributed by atoms with Crippen molar-refractivity contribution >= 4 is 44.6 Å². The van der Waals surface area contributed by atoms with Gasteiger partial charge in [-0.2, -0.15) is 0 Å². The number of methoxy groups -OCH3 is 1. The fourth-order valence-electron chi connectivity index (χ4n) is 3.22. The lowest BCUT2D eigenvalue weighted by Crippen LogP contribution is -2.28. The van der Waals surface area contributed by atoms with Crippen LogP contribution >= 0.6 is 15.9 Å². The molecule has 0 atom stereocenters. The van der Waals surface area contributed by atoms with Gasteiger partial charge in [-0.25, -0.2) is 19.3 Å². The van der Waals surface area contributed by atoms with E-state index in [4.69, 9.17) is 25.6 Å². The summed E-state index contributed by atoms with van der Waals surface area (Å²) >= 11 is 3.36. The zero-order valence-corrected chi connectivity index (χ0v) is 23.6. The number of nitrogens with one attached hydrogen (secondary N) is 1. The van der Waals surface area contributed by atoms with E-state index in [1.165, 1.54) is 4.57 Å². The first-order valence-corrected chi connectivity index (χ1v) is 12.6. The van der Waals surface area contributed by atoms with E-state index in [2.05, 4.69) is 20.9 Å². The van der Waals surface area contributed by atoms with E-state index in [-0.39, 0.29) is 5.82 Å². The molecule has 2 aromatic heterocycles. The molecule has 0 radical (unpaired) electrons. The Morgan fingerprint density at radius 2 is 1.86 bits per heavy atom. The summed E-state index contributed by atoms with van der Waals surface area (Å²) in [5.74, 6) is 0.801.